The number of carbonyl (C=O) groups is 2. The molecule has 0 saturated carbocycles. The van der Waals surface area contributed by atoms with Crippen LogP contribution in [0.2, 0.25) is 0 Å². The van der Waals surface area contributed by atoms with Gasteiger partial charge in [-0.15, -0.1) is 10.2 Å². The Bertz CT molecular complexity index is 641. The smallest absolute Gasteiger partial charge is 0.315 e. The van der Waals surface area contributed by atoms with E-state index in [0.29, 0.717) is 32.0 Å². The van der Waals surface area contributed by atoms with Gasteiger partial charge >= 0.3 is 6.03 Å². The number of carbonyl (C=O) groups excluding carboxylic acids is 2. The van der Waals surface area contributed by atoms with E-state index in [1.54, 1.807) is 0 Å². The van der Waals surface area contributed by atoms with Crippen molar-refractivity contribution in [2.75, 3.05) is 13.1 Å². The summed E-state index contributed by atoms with van der Waals surface area (Å²) in [6.07, 6.45) is 2.45. The van der Waals surface area contributed by atoms with E-state index in [4.69, 9.17) is 5.73 Å². The first-order valence-electron chi connectivity index (χ1n) is 8.63. The van der Waals surface area contributed by atoms with Crippen LogP contribution in [0.25, 0.3) is 0 Å². The van der Waals surface area contributed by atoms with E-state index in [-0.39, 0.29) is 11.9 Å². The fourth-order valence-electron chi connectivity index (χ4n) is 3.96. The van der Waals surface area contributed by atoms with Gasteiger partial charge in [0, 0.05) is 13.1 Å². The highest BCUT2D eigenvalue weighted by molar-refractivity contribution is 5.87. The molecule has 3 heterocycles. The van der Waals surface area contributed by atoms with Crippen LogP contribution in [0, 0.1) is 12.8 Å². The number of hydrogen-bond acceptors (Lipinski definition) is 4. The van der Waals surface area contributed by atoms with Crippen molar-refractivity contribution in [3.8, 4) is 0 Å². The number of nitrogens with two attached hydrogens (primary N) is 1. The van der Waals surface area contributed by atoms with Crippen LogP contribution in [-0.2, 0) is 11.3 Å². The lowest BCUT2D eigenvalue weighted by atomic mass is 10.0. The molecule has 1 aromatic heterocycles. The average molecular weight is 334 g/mol. The van der Waals surface area contributed by atoms with E-state index < -0.39 is 12.1 Å². The Labute approximate surface area is 142 Å². The number of aromatic nitrogens is 3. The lowest BCUT2D eigenvalue weighted by molar-refractivity contribution is -0.137. The van der Waals surface area contributed by atoms with Crippen molar-refractivity contribution in [3.63, 3.8) is 0 Å². The Hall–Kier alpha value is -2.12. The van der Waals surface area contributed by atoms with Crippen LogP contribution in [0.5, 0.6) is 0 Å². The molecule has 3 amide bonds. The van der Waals surface area contributed by atoms with Gasteiger partial charge in [0.2, 0.25) is 5.91 Å². The summed E-state index contributed by atoms with van der Waals surface area (Å²) < 4.78 is 2.16. The first-order chi connectivity index (χ1) is 11.4. The highest BCUT2D eigenvalue weighted by atomic mass is 16.2. The van der Waals surface area contributed by atoms with Crippen molar-refractivity contribution < 1.29 is 9.59 Å². The van der Waals surface area contributed by atoms with Crippen molar-refractivity contribution in [1.29, 1.82) is 0 Å². The third kappa shape index (κ3) is 2.97. The van der Waals surface area contributed by atoms with Crippen LogP contribution in [0.3, 0.4) is 0 Å². The second-order valence-electron chi connectivity index (χ2n) is 7.23. The number of rotatable bonds is 3. The summed E-state index contributed by atoms with van der Waals surface area (Å²) in [5.41, 5.74) is 5.42. The highest BCUT2D eigenvalue weighted by Gasteiger charge is 2.39. The topological polar surface area (TPSA) is 97.3 Å². The van der Waals surface area contributed by atoms with Crippen LogP contribution in [0.1, 0.15) is 50.8 Å². The zero-order chi connectivity index (χ0) is 17.4. The minimum atomic E-state index is -0.513. The van der Waals surface area contributed by atoms with Gasteiger partial charge in [-0.05, 0) is 32.1 Å². The Morgan fingerprint density at radius 1 is 1.33 bits per heavy atom. The van der Waals surface area contributed by atoms with Gasteiger partial charge in [0.05, 0.1) is 12.6 Å². The molecule has 1 fully saturated rings. The molecule has 0 aliphatic carbocycles. The van der Waals surface area contributed by atoms with Crippen molar-refractivity contribution in [2.45, 2.75) is 58.7 Å². The molecule has 0 aromatic carbocycles. The molecule has 2 aliphatic heterocycles. The maximum atomic E-state index is 13.0. The zero-order valence-corrected chi connectivity index (χ0v) is 14.6. The van der Waals surface area contributed by atoms with E-state index in [0.717, 1.165) is 24.5 Å². The number of amides is 3. The number of nitrogens with zero attached hydrogens (tertiary/aromatic N) is 5. The monoisotopic (exact) mass is 334 g/mol. The van der Waals surface area contributed by atoms with Gasteiger partial charge in [0.1, 0.15) is 11.9 Å². The average Bonchev–Trinajstić information content (AvgIpc) is 3.13. The quantitative estimate of drug-likeness (QED) is 0.893. The second-order valence-corrected chi connectivity index (χ2v) is 7.23. The molecule has 132 valence electrons. The zero-order valence-electron chi connectivity index (χ0n) is 14.6. The Kier molecular flexibility index (Phi) is 4.47. The molecule has 0 unspecified atom stereocenters. The molecule has 2 aliphatic rings. The molecular formula is C16H26N6O2. The maximum absolute atomic E-state index is 13.0. The number of urea groups is 1. The van der Waals surface area contributed by atoms with E-state index in [9.17, 15) is 9.59 Å². The number of fused-ring (bicyclic) bond motifs is 1. The minimum absolute atomic E-state index is 0.0213. The number of aryl methyl sites for hydroxylation is 1. The molecule has 0 radical (unpaired) electrons. The van der Waals surface area contributed by atoms with Gasteiger partial charge in [-0.1, -0.05) is 13.8 Å². The summed E-state index contributed by atoms with van der Waals surface area (Å²) in [7, 11) is 0. The molecule has 24 heavy (non-hydrogen) atoms. The molecule has 2 N–H and O–H groups in total. The van der Waals surface area contributed by atoms with Crippen molar-refractivity contribution in [3.05, 3.63) is 11.6 Å². The largest absolute Gasteiger partial charge is 0.351 e. The molecular weight excluding hydrogens is 308 g/mol. The standard InChI is InChI=1S/C16H26N6O2/c1-10(2)7-12-8-20(9-14-19-18-11(3)22(12)14)15(23)13-5-4-6-21(13)16(17)24/h10,12-13H,4-9H2,1-3H3,(H2,17,24)/t12-,13-/m0/s1. The summed E-state index contributed by atoms with van der Waals surface area (Å²) >= 11 is 0. The summed E-state index contributed by atoms with van der Waals surface area (Å²) in [4.78, 5) is 27.9. The maximum Gasteiger partial charge on any atom is 0.315 e. The first-order valence-corrected chi connectivity index (χ1v) is 8.63. The third-order valence-corrected chi connectivity index (χ3v) is 4.94. The minimum Gasteiger partial charge on any atom is -0.351 e. The lowest BCUT2D eigenvalue weighted by Crippen LogP contribution is -2.52. The number of hydrogen-bond donors (Lipinski definition) is 1. The SMILES string of the molecule is Cc1nnc2n1[C@@H](CC(C)C)CN(C(=O)[C@@H]1CCCN1C(N)=O)C2. The van der Waals surface area contributed by atoms with Crippen LogP contribution < -0.4 is 5.73 Å². The van der Waals surface area contributed by atoms with E-state index in [2.05, 4.69) is 28.6 Å². The van der Waals surface area contributed by atoms with Crippen LogP contribution in [0.15, 0.2) is 0 Å². The van der Waals surface area contributed by atoms with Gasteiger partial charge in [0.25, 0.3) is 0 Å². The highest BCUT2D eigenvalue weighted by Crippen LogP contribution is 2.29. The number of primary amides is 1. The predicted molar refractivity (Wildman–Crippen MR) is 88.0 cm³/mol. The first kappa shape index (κ1) is 16.7. The van der Waals surface area contributed by atoms with Crippen molar-refractivity contribution in [1.82, 2.24) is 24.6 Å². The Morgan fingerprint density at radius 3 is 2.75 bits per heavy atom. The van der Waals surface area contributed by atoms with E-state index in [1.807, 2.05) is 11.8 Å². The normalized spacial score (nSPS) is 23.7. The Morgan fingerprint density at radius 2 is 2.08 bits per heavy atom. The van der Waals surface area contributed by atoms with E-state index in [1.165, 1.54) is 4.90 Å². The van der Waals surface area contributed by atoms with Gasteiger partial charge in [0.15, 0.2) is 5.82 Å². The molecule has 2 atom stereocenters. The van der Waals surface area contributed by atoms with E-state index >= 15 is 0 Å². The fraction of sp³-hybridized carbons (Fsp3) is 0.750. The fourth-order valence-corrected chi connectivity index (χ4v) is 3.96. The van der Waals surface area contributed by atoms with Crippen LogP contribution in [0.4, 0.5) is 4.79 Å². The number of likely N-dealkylation sites (tertiary alicyclic amines) is 1. The lowest BCUT2D eigenvalue weighted by Gasteiger charge is -2.37. The van der Waals surface area contributed by atoms with Crippen molar-refractivity contribution >= 4 is 11.9 Å². The molecule has 3 rings (SSSR count). The van der Waals surface area contributed by atoms with Crippen LogP contribution in [-0.4, -0.2) is 55.6 Å². The molecule has 8 heteroatoms. The summed E-state index contributed by atoms with van der Waals surface area (Å²) in [5.74, 6) is 2.20. The van der Waals surface area contributed by atoms with Crippen molar-refractivity contribution in [2.24, 2.45) is 11.7 Å². The van der Waals surface area contributed by atoms with Gasteiger partial charge in [-0.3, -0.25) is 4.79 Å². The summed E-state index contributed by atoms with van der Waals surface area (Å²) in [5, 5.41) is 8.42. The van der Waals surface area contributed by atoms with Gasteiger partial charge in [-0.25, -0.2) is 4.79 Å². The predicted octanol–water partition coefficient (Wildman–Crippen LogP) is 1.06. The molecule has 1 aromatic rings. The Balaban J connectivity index is 1.82. The van der Waals surface area contributed by atoms with Gasteiger partial charge in [-0.2, -0.15) is 0 Å². The summed E-state index contributed by atoms with van der Waals surface area (Å²) in [6, 6.07) is -0.769. The molecule has 0 spiro atoms. The third-order valence-electron chi connectivity index (χ3n) is 4.94. The molecule has 1 saturated heterocycles. The molecule has 8 nitrogen and oxygen atoms in total. The van der Waals surface area contributed by atoms with Crippen LogP contribution >= 0.6 is 0 Å². The van der Waals surface area contributed by atoms with Gasteiger partial charge < -0.3 is 20.1 Å². The molecule has 0 bridgehead atoms. The summed E-state index contributed by atoms with van der Waals surface area (Å²) in [6.45, 7) is 7.93. The second kappa shape index (κ2) is 6.41.